The van der Waals surface area contributed by atoms with Gasteiger partial charge in [0.05, 0.1) is 0 Å². The molecule has 24 heavy (non-hydrogen) atoms. The number of hydrogen-bond donors (Lipinski definition) is 0. The van der Waals surface area contributed by atoms with Crippen molar-refractivity contribution in [2.75, 3.05) is 0 Å². The SMILES string of the molecule is CCCC1CCC(C2CCC(C3(F)C=CC=C(F)C3F)CC2)CC1. The van der Waals surface area contributed by atoms with Crippen LogP contribution >= 0.6 is 0 Å². The molecule has 0 saturated heterocycles. The van der Waals surface area contributed by atoms with Crippen LogP contribution in [0.2, 0.25) is 0 Å². The van der Waals surface area contributed by atoms with Crippen molar-refractivity contribution in [3.8, 4) is 0 Å². The lowest BCUT2D eigenvalue weighted by Gasteiger charge is -2.42. The van der Waals surface area contributed by atoms with Crippen LogP contribution in [0, 0.1) is 23.7 Å². The topological polar surface area (TPSA) is 0 Å². The van der Waals surface area contributed by atoms with Crippen molar-refractivity contribution in [1.82, 2.24) is 0 Å². The van der Waals surface area contributed by atoms with E-state index in [9.17, 15) is 8.78 Å². The van der Waals surface area contributed by atoms with Gasteiger partial charge in [0.1, 0.15) is 5.83 Å². The molecule has 2 unspecified atom stereocenters. The summed E-state index contributed by atoms with van der Waals surface area (Å²) in [6.07, 6.45) is 12.8. The summed E-state index contributed by atoms with van der Waals surface area (Å²) in [6, 6.07) is 0. The lowest BCUT2D eigenvalue weighted by atomic mass is 9.65. The standard InChI is InChI=1S/C21H31F3/c1-2-4-15-6-8-16(9-7-15)17-10-12-18(13-11-17)21(24)14-3-5-19(22)20(21)23/h3,5,14-18,20H,2,4,6-13H2,1H3. The maximum absolute atomic E-state index is 15.1. The molecule has 3 rings (SSSR count). The second-order valence-electron chi connectivity index (χ2n) is 8.28. The van der Waals surface area contributed by atoms with Gasteiger partial charge >= 0.3 is 0 Å². The first-order valence-corrected chi connectivity index (χ1v) is 9.92. The molecule has 0 bridgehead atoms. The Bertz CT molecular complexity index is 467. The number of halogens is 3. The molecule has 2 fully saturated rings. The molecule has 0 aromatic rings. The van der Waals surface area contributed by atoms with E-state index >= 15 is 4.39 Å². The van der Waals surface area contributed by atoms with Crippen LogP contribution in [0.3, 0.4) is 0 Å². The minimum absolute atomic E-state index is 0.379. The van der Waals surface area contributed by atoms with Crippen molar-refractivity contribution in [3.05, 3.63) is 24.1 Å². The van der Waals surface area contributed by atoms with Crippen LogP contribution in [0.1, 0.15) is 71.1 Å². The number of hydrogen-bond acceptors (Lipinski definition) is 0. The normalized spacial score (nSPS) is 43.5. The van der Waals surface area contributed by atoms with Gasteiger partial charge in [0.25, 0.3) is 0 Å². The third-order valence-electron chi connectivity index (χ3n) is 6.89. The highest BCUT2D eigenvalue weighted by Gasteiger charge is 2.49. The molecule has 2 atom stereocenters. The Morgan fingerprint density at radius 3 is 2.17 bits per heavy atom. The second-order valence-corrected chi connectivity index (χ2v) is 8.28. The van der Waals surface area contributed by atoms with Gasteiger partial charge in [-0.3, -0.25) is 0 Å². The van der Waals surface area contributed by atoms with Crippen molar-refractivity contribution in [2.45, 2.75) is 83.0 Å². The van der Waals surface area contributed by atoms with Gasteiger partial charge in [-0.1, -0.05) is 38.7 Å². The fourth-order valence-electron chi connectivity index (χ4n) is 5.40. The van der Waals surface area contributed by atoms with Gasteiger partial charge in [0, 0.05) is 5.92 Å². The van der Waals surface area contributed by atoms with Crippen LogP contribution in [0.25, 0.3) is 0 Å². The maximum Gasteiger partial charge on any atom is 0.189 e. The van der Waals surface area contributed by atoms with E-state index in [1.54, 1.807) is 0 Å². The summed E-state index contributed by atoms with van der Waals surface area (Å²) < 4.78 is 42.7. The first-order valence-electron chi connectivity index (χ1n) is 9.92. The van der Waals surface area contributed by atoms with Crippen LogP contribution in [0.4, 0.5) is 13.2 Å². The van der Waals surface area contributed by atoms with Crippen molar-refractivity contribution >= 4 is 0 Å². The Balaban J connectivity index is 1.51. The van der Waals surface area contributed by atoms with Gasteiger partial charge in [-0.15, -0.1) is 0 Å². The molecular formula is C21H31F3. The van der Waals surface area contributed by atoms with Crippen molar-refractivity contribution in [1.29, 1.82) is 0 Å². The van der Waals surface area contributed by atoms with E-state index in [2.05, 4.69) is 6.92 Å². The Morgan fingerprint density at radius 2 is 1.58 bits per heavy atom. The zero-order valence-corrected chi connectivity index (χ0v) is 14.8. The van der Waals surface area contributed by atoms with Crippen molar-refractivity contribution in [3.63, 3.8) is 0 Å². The molecular weight excluding hydrogens is 309 g/mol. The van der Waals surface area contributed by atoms with Crippen LogP contribution in [0.15, 0.2) is 24.1 Å². The second kappa shape index (κ2) is 7.66. The molecule has 136 valence electrons. The van der Waals surface area contributed by atoms with E-state index in [-0.39, 0.29) is 5.92 Å². The summed E-state index contributed by atoms with van der Waals surface area (Å²) in [4.78, 5) is 0. The van der Waals surface area contributed by atoms with Crippen molar-refractivity contribution < 1.29 is 13.2 Å². The predicted molar refractivity (Wildman–Crippen MR) is 92.9 cm³/mol. The zero-order chi connectivity index (χ0) is 17.2. The fraction of sp³-hybridized carbons (Fsp3) is 0.810. The van der Waals surface area contributed by atoms with E-state index in [0.29, 0.717) is 18.8 Å². The Hall–Kier alpha value is -0.730. The Kier molecular flexibility index (Phi) is 5.77. The van der Waals surface area contributed by atoms with E-state index in [0.717, 1.165) is 30.8 Å². The van der Waals surface area contributed by atoms with Gasteiger partial charge in [-0.05, 0) is 68.4 Å². The van der Waals surface area contributed by atoms with Gasteiger partial charge in [0.15, 0.2) is 11.8 Å². The van der Waals surface area contributed by atoms with Crippen molar-refractivity contribution in [2.24, 2.45) is 23.7 Å². The summed E-state index contributed by atoms with van der Waals surface area (Å²) in [5.74, 6) is 1.01. The summed E-state index contributed by atoms with van der Waals surface area (Å²) in [5.41, 5.74) is -2.14. The smallest absolute Gasteiger partial charge is 0.189 e. The lowest BCUT2D eigenvalue weighted by molar-refractivity contribution is 0.0102. The minimum Gasteiger partial charge on any atom is -0.236 e. The molecule has 3 aliphatic carbocycles. The molecule has 0 aromatic carbocycles. The molecule has 2 saturated carbocycles. The highest BCUT2D eigenvalue weighted by molar-refractivity contribution is 5.28. The summed E-state index contributed by atoms with van der Waals surface area (Å²) >= 11 is 0. The molecule has 3 aliphatic rings. The van der Waals surface area contributed by atoms with E-state index in [1.165, 1.54) is 50.7 Å². The van der Waals surface area contributed by atoms with E-state index in [1.807, 2.05) is 0 Å². The van der Waals surface area contributed by atoms with Crippen LogP contribution in [-0.2, 0) is 0 Å². The minimum atomic E-state index is -2.14. The maximum atomic E-state index is 15.1. The lowest BCUT2D eigenvalue weighted by Crippen LogP contribution is -2.44. The van der Waals surface area contributed by atoms with Crippen LogP contribution in [-0.4, -0.2) is 11.8 Å². The molecule has 3 heteroatoms. The van der Waals surface area contributed by atoms with Gasteiger partial charge in [-0.2, -0.15) is 0 Å². The average molecular weight is 340 g/mol. The summed E-state index contributed by atoms with van der Waals surface area (Å²) in [7, 11) is 0. The quantitative estimate of drug-likeness (QED) is 0.524. The fourth-order valence-corrected chi connectivity index (χ4v) is 5.40. The third-order valence-corrected chi connectivity index (χ3v) is 6.89. The Morgan fingerprint density at radius 1 is 1.00 bits per heavy atom. The average Bonchev–Trinajstić information content (AvgIpc) is 2.61. The highest BCUT2D eigenvalue weighted by atomic mass is 19.2. The van der Waals surface area contributed by atoms with E-state index in [4.69, 9.17) is 0 Å². The molecule has 0 heterocycles. The molecule has 0 N–H and O–H groups in total. The first-order chi connectivity index (χ1) is 11.5. The number of rotatable bonds is 4. The molecule has 0 aliphatic heterocycles. The number of allylic oxidation sites excluding steroid dienone is 4. The Labute approximate surface area is 144 Å². The third kappa shape index (κ3) is 3.60. The summed E-state index contributed by atoms with van der Waals surface area (Å²) in [5, 5.41) is 0. The first kappa shape index (κ1) is 18.1. The molecule has 0 nitrogen and oxygen atoms in total. The molecule has 0 amide bonds. The van der Waals surface area contributed by atoms with Crippen LogP contribution in [0.5, 0.6) is 0 Å². The van der Waals surface area contributed by atoms with Gasteiger partial charge in [0.2, 0.25) is 0 Å². The van der Waals surface area contributed by atoms with Crippen LogP contribution < -0.4 is 0 Å². The summed E-state index contributed by atoms with van der Waals surface area (Å²) in [6.45, 7) is 2.26. The largest absolute Gasteiger partial charge is 0.236 e. The van der Waals surface area contributed by atoms with Gasteiger partial charge in [-0.25, -0.2) is 13.2 Å². The highest BCUT2D eigenvalue weighted by Crippen LogP contribution is 2.48. The molecule has 0 aromatic heterocycles. The van der Waals surface area contributed by atoms with E-state index < -0.39 is 17.7 Å². The monoisotopic (exact) mass is 340 g/mol. The van der Waals surface area contributed by atoms with Gasteiger partial charge < -0.3 is 0 Å². The number of alkyl halides is 2. The molecule has 0 spiro atoms. The molecule has 0 radical (unpaired) electrons. The zero-order valence-electron chi connectivity index (χ0n) is 14.8. The predicted octanol–water partition coefficient (Wildman–Crippen LogP) is 6.87.